The summed E-state index contributed by atoms with van der Waals surface area (Å²) in [6.45, 7) is 0. The summed E-state index contributed by atoms with van der Waals surface area (Å²) in [6, 6.07) is 17.9. The zero-order valence-electron chi connectivity index (χ0n) is 14.0. The molecule has 0 bridgehead atoms. The Morgan fingerprint density at radius 2 is 1.84 bits per heavy atom. The Morgan fingerprint density at radius 3 is 2.64 bits per heavy atom. The van der Waals surface area contributed by atoms with Gasteiger partial charge in [-0.25, -0.2) is 4.68 Å². The Morgan fingerprint density at radius 1 is 1.08 bits per heavy atom. The Labute approximate surface area is 151 Å². The fourth-order valence-corrected chi connectivity index (χ4v) is 3.89. The van der Waals surface area contributed by atoms with Crippen molar-refractivity contribution in [1.82, 2.24) is 9.78 Å². The van der Waals surface area contributed by atoms with Gasteiger partial charge in [0.25, 0.3) is 5.91 Å². The lowest BCUT2D eigenvalue weighted by Crippen LogP contribution is -2.15. The maximum absolute atomic E-state index is 12.9. The van der Waals surface area contributed by atoms with Crippen molar-refractivity contribution in [2.24, 2.45) is 0 Å². The summed E-state index contributed by atoms with van der Waals surface area (Å²) in [5, 5.41) is 7.69. The maximum atomic E-state index is 12.9. The van der Waals surface area contributed by atoms with Crippen LogP contribution < -0.4 is 5.32 Å². The molecule has 1 aliphatic rings. The van der Waals surface area contributed by atoms with Gasteiger partial charge in [0.05, 0.1) is 11.4 Å². The quantitative estimate of drug-likeness (QED) is 0.713. The molecule has 2 aromatic carbocycles. The summed E-state index contributed by atoms with van der Waals surface area (Å²) in [6.07, 6.45) is 4.95. The van der Waals surface area contributed by atoms with Crippen molar-refractivity contribution in [1.29, 1.82) is 0 Å². The van der Waals surface area contributed by atoms with Crippen LogP contribution in [-0.2, 0) is 12.8 Å². The van der Waals surface area contributed by atoms with Gasteiger partial charge < -0.3 is 5.32 Å². The van der Waals surface area contributed by atoms with Crippen LogP contribution in [0.25, 0.3) is 5.69 Å². The molecule has 0 fully saturated rings. The minimum absolute atomic E-state index is 0.130. The number of rotatable bonds is 4. The molecule has 4 rings (SSSR count). The number of nitrogens with one attached hydrogen (secondary N) is 1. The smallest absolute Gasteiger partial charge is 0.276 e. The van der Waals surface area contributed by atoms with E-state index in [0.717, 1.165) is 46.8 Å². The molecule has 0 unspecified atom stereocenters. The number of nitrogens with zero attached hydrogens (tertiary/aromatic N) is 2. The van der Waals surface area contributed by atoms with Crippen LogP contribution in [0.3, 0.4) is 0 Å². The molecule has 0 aliphatic heterocycles. The van der Waals surface area contributed by atoms with Crippen molar-refractivity contribution in [2.75, 3.05) is 11.6 Å². The number of carbonyl (C=O) groups excluding carboxylic acids is 1. The number of thioether (sulfide) groups is 1. The molecule has 1 heterocycles. The summed E-state index contributed by atoms with van der Waals surface area (Å²) in [7, 11) is 0. The molecule has 1 aromatic heterocycles. The third-order valence-electron chi connectivity index (χ3n) is 4.50. The average molecular weight is 349 g/mol. The largest absolute Gasteiger partial charge is 0.320 e. The fourth-order valence-electron chi connectivity index (χ4n) is 3.33. The molecule has 25 heavy (non-hydrogen) atoms. The van der Waals surface area contributed by atoms with Crippen LogP contribution in [0.2, 0.25) is 0 Å². The predicted octanol–water partition coefficient (Wildman–Crippen LogP) is 4.34. The van der Waals surface area contributed by atoms with Gasteiger partial charge in [0.1, 0.15) is 0 Å². The monoisotopic (exact) mass is 349 g/mol. The van der Waals surface area contributed by atoms with Crippen LogP contribution in [-0.4, -0.2) is 21.9 Å². The lowest BCUT2D eigenvalue weighted by Gasteiger charge is -2.08. The number of fused-ring (bicyclic) bond motifs is 1. The van der Waals surface area contributed by atoms with Crippen LogP contribution in [0.5, 0.6) is 0 Å². The van der Waals surface area contributed by atoms with E-state index in [1.807, 2.05) is 65.5 Å². The highest BCUT2D eigenvalue weighted by molar-refractivity contribution is 7.98. The Kier molecular flexibility index (Phi) is 4.32. The van der Waals surface area contributed by atoms with Gasteiger partial charge in [-0.2, -0.15) is 5.10 Å². The molecule has 0 saturated heterocycles. The van der Waals surface area contributed by atoms with Gasteiger partial charge in [0, 0.05) is 16.2 Å². The number of carbonyl (C=O) groups is 1. The number of amides is 1. The lowest BCUT2D eigenvalue weighted by atomic mass is 10.2. The SMILES string of the molecule is CSc1ccccc1NC(=O)c1nn(-c2ccccc2)c2c1CCC2. The molecule has 3 aromatic rings. The van der Waals surface area contributed by atoms with Gasteiger partial charge in [0.15, 0.2) is 5.69 Å². The van der Waals surface area contributed by atoms with E-state index in [1.54, 1.807) is 11.8 Å². The second-order valence-corrected chi connectivity index (χ2v) is 6.88. The average Bonchev–Trinajstić information content (AvgIpc) is 3.25. The topological polar surface area (TPSA) is 46.9 Å². The number of anilines is 1. The van der Waals surface area contributed by atoms with E-state index in [4.69, 9.17) is 0 Å². The van der Waals surface area contributed by atoms with E-state index in [1.165, 1.54) is 0 Å². The van der Waals surface area contributed by atoms with Gasteiger partial charge in [-0.05, 0) is 49.8 Å². The molecule has 1 N–H and O–H groups in total. The first-order valence-electron chi connectivity index (χ1n) is 8.38. The van der Waals surface area contributed by atoms with Crippen LogP contribution >= 0.6 is 11.8 Å². The number of aromatic nitrogens is 2. The molecule has 0 radical (unpaired) electrons. The number of para-hydroxylation sites is 2. The summed E-state index contributed by atoms with van der Waals surface area (Å²) in [5.74, 6) is -0.130. The van der Waals surface area contributed by atoms with Gasteiger partial charge in [0.2, 0.25) is 0 Å². The van der Waals surface area contributed by atoms with E-state index in [2.05, 4.69) is 10.4 Å². The molecular formula is C20H19N3OS. The molecular weight excluding hydrogens is 330 g/mol. The minimum atomic E-state index is -0.130. The van der Waals surface area contributed by atoms with Gasteiger partial charge in [-0.3, -0.25) is 4.79 Å². The van der Waals surface area contributed by atoms with Gasteiger partial charge >= 0.3 is 0 Å². The molecule has 0 spiro atoms. The van der Waals surface area contributed by atoms with E-state index >= 15 is 0 Å². The van der Waals surface area contributed by atoms with Crippen LogP contribution in [0.1, 0.15) is 28.2 Å². The normalized spacial score (nSPS) is 12.8. The molecule has 4 nitrogen and oxygen atoms in total. The van der Waals surface area contributed by atoms with E-state index in [-0.39, 0.29) is 5.91 Å². The number of hydrogen-bond donors (Lipinski definition) is 1. The van der Waals surface area contributed by atoms with Crippen molar-refractivity contribution in [3.63, 3.8) is 0 Å². The van der Waals surface area contributed by atoms with E-state index in [9.17, 15) is 4.79 Å². The molecule has 0 saturated carbocycles. The summed E-state index contributed by atoms with van der Waals surface area (Å²) in [5.41, 5.74) is 4.63. The van der Waals surface area contributed by atoms with Crippen LogP contribution in [0.15, 0.2) is 59.5 Å². The standard InChI is InChI=1S/C20H19N3OS/c1-25-18-13-6-5-11-16(18)21-20(24)19-15-10-7-12-17(15)23(22-19)14-8-3-2-4-9-14/h2-6,8-9,11,13H,7,10,12H2,1H3,(H,21,24). The summed E-state index contributed by atoms with van der Waals surface area (Å²) < 4.78 is 1.93. The maximum Gasteiger partial charge on any atom is 0.276 e. The highest BCUT2D eigenvalue weighted by Gasteiger charge is 2.27. The van der Waals surface area contributed by atoms with E-state index < -0.39 is 0 Å². The molecule has 5 heteroatoms. The highest BCUT2D eigenvalue weighted by Crippen LogP contribution is 2.29. The zero-order chi connectivity index (χ0) is 17.2. The highest BCUT2D eigenvalue weighted by atomic mass is 32.2. The van der Waals surface area contributed by atoms with E-state index in [0.29, 0.717) is 5.69 Å². The minimum Gasteiger partial charge on any atom is -0.320 e. The fraction of sp³-hybridized carbons (Fsp3) is 0.200. The van der Waals surface area contributed by atoms with Crippen molar-refractivity contribution in [2.45, 2.75) is 24.2 Å². The van der Waals surface area contributed by atoms with Crippen molar-refractivity contribution in [3.05, 3.63) is 71.5 Å². The third-order valence-corrected chi connectivity index (χ3v) is 5.30. The first-order valence-corrected chi connectivity index (χ1v) is 9.61. The van der Waals surface area contributed by atoms with Crippen molar-refractivity contribution >= 4 is 23.4 Å². The Hall–Kier alpha value is -2.53. The summed E-state index contributed by atoms with van der Waals surface area (Å²) >= 11 is 1.62. The Bertz CT molecular complexity index is 918. The lowest BCUT2D eigenvalue weighted by molar-refractivity contribution is 0.102. The first kappa shape index (κ1) is 16.0. The second kappa shape index (κ2) is 6.76. The zero-order valence-corrected chi connectivity index (χ0v) is 14.8. The molecule has 126 valence electrons. The van der Waals surface area contributed by atoms with Gasteiger partial charge in [-0.1, -0.05) is 30.3 Å². The van der Waals surface area contributed by atoms with Crippen molar-refractivity contribution in [3.8, 4) is 5.69 Å². The second-order valence-electron chi connectivity index (χ2n) is 6.03. The van der Waals surface area contributed by atoms with Crippen LogP contribution in [0, 0.1) is 0 Å². The van der Waals surface area contributed by atoms with Crippen molar-refractivity contribution < 1.29 is 4.79 Å². The first-order chi connectivity index (χ1) is 12.3. The third kappa shape index (κ3) is 2.96. The predicted molar refractivity (Wildman–Crippen MR) is 102 cm³/mol. The molecule has 1 amide bonds. The van der Waals surface area contributed by atoms with Crippen LogP contribution in [0.4, 0.5) is 5.69 Å². The summed E-state index contributed by atoms with van der Waals surface area (Å²) in [4.78, 5) is 13.9. The molecule has 0 atom stereocenters. The molecule has 1 aliphatic carbocycles. The number of benzene rings is 2. The Balaban J connectivity index is 1.70. The number of hydrogen-bond acceptors (Lipinski definition) is 3. The van der Waals surface area contributed by atoms with Gasteiger partial charge in [-0.15, -0.1) is 11.8 Å².